The minimum atomic E-state index is -0.579. The zero-order valence-electron chi connectivity index (χ0n) is 18.0. The van der Waals surface area contributed by atoms with E-state index in [4.69, 9.17) is 14.2 Å². The van der Waals surface area contributed by atoms with Crippen molar-refractivity contribution >= 4 is 11.8 Å². The van der Waals surface area contributed by atoms with E-state index in [0.717, 1.165) is 38.5 Å². The van der Waals surface area contributed by atoms with Gasteiger partial charge in [0, 0.05) is 6.54 Å². The summed E-state index contributed by atoms with van der Waals surface area (Å²) in [5, 5.41) is 3.16. The van der Waals surface area contributed by atoms with Crippen LogP contribution < -0.4 is 5.32 Å². The number of carbonyl (C=O) groups is 2. The number of amides is 2. The van der Waals surface area contributed by atoms with Gasteiger partial charge in [0.15, 0.2) is 0 Å². The fraction of sp³-hybridized carbons (Fsp3) is 0.667. The topological polar surface area (TPSA) is 77.1 Å². The van der Waals surface area contributed by atoms with Crippen molar-refractivity contribution in [2.45, 2.75) is 68.7 Å². The molecular weight excluding hydrogens is 396 g/mol. The SMILES string of the molecule is O=C1COC[C@@]2(CCCN3C(=O)COCc4ccccc4C4CCC(CC4)OC[C@H]32)N1. The van der Waals surface area contributed by atoms with E-state index in [2.05, 4.69) is 23.5 Å². The second kappa shape index (κ2) is 8.88. The average molecular weight is 429 g/mol. The van der Waals surface area contributed by atoms with Crippen LogP contribution in [0.4, 0.5) is 0 Å². The molecule has 4 heterocycles. The predicted octanol–water partition coefficient (Wildman–Crippen LogP) is 2.14. The molecule has 5 aliphatic rings. The Balaban J connectivity index is 1.41. The van der Waals surface area contributed by atoms with E-state index in [9.17, 15) is 9.59 Å². The summed E-state index contributed by atoms with van der Waals surface area (Å²) >= 11 is 0. The van der Waals surface area contributed by atoms with Gasteiger partial charge in [-0.25, -0.2) is 0 Å². The van der Waals surface area contributed by atoms with E-state index < -0.39 is 5.54 Å². The molecule has 4 aliphatic heterocycles. The standard InChI is InChI=1S/C24H32N2O5/c27-22-14-30-16-24(25-22)10-3-11-26-21(24)13-31-19-8-6-17(7-9-19)20-5-2-1-4-18(20)12-29-15-23(26)28/h1-2,4-5,17,19,21H,3,6-16H2,(H,25,27)/t17?,19?,21-,24+/m0/s1. The molecule has 1 aromatic carbocycles. The van der Waals surface area contributed by atoms with Gasteiger partial charge in [-0.15, -0.1) is 0 Å². The molecule has 2 atom stereocenters. The van der Waals surface area contributed by atoms with Crippen molar-refractivity contribution in [1.29, 1.82) is 0 Å². The van der Waals surface area contributed by atoms with Gasteiger partial charge in [-0.2, -0.15) is 0 Å². The zero-order valence-corrected chi connectivity index (χ0v) is 18.0. The van der Waals surface area contributed by atoms with Crippen molar-refractivity contribution in [2.75, 3.05) is 33.0 Å². The van der Waals surface area contributed by atoms with Crippen molar-refractivity contribution in [3.8, 4) is 0 Å². The number of ether oxygens (including phenoxy) is 3. The highest BCUT2D eigenvalue weighted by atomic mass is 16.5. The Bertz CT molecular complexity index is 818. The normalized spacial score (nSPS) is 34.6. The van der Waals surface area contributed by atoms with Crippen LogP contribution in [0.2, 0.25) is 0 Å². The minimum Gasteiger partial charge on any atom is -0.376 e. The Hall–Kier alpha value is -1.96. The summed E-state index contributed by atoms with van der Waals surface area (Å²) in [6.45, 7) is 2.04. The number of nitrogens with one attached hydrogen (secondary N) is 1. The summed E-state index contributed by atoms with van der Waals surface area (Å²) in [5.41, 5.74) is 1.95. The maximum Gasteiger partial charge on any atom is 0.248 e. The van der Waals surface area contributed by atoms with Crippen LogP contribution in [0.5, 0.6) is 0 Å². The third-order valence-corrected chi connectivity index (χ3v) is 7.48. The largest absolute Gasteiger partial charge is 0.376 e. The van der Waals surface area contributed by atoms with Crippen molar-refractivity contribution in [3.05, 3.63) is 35.4 Å². The number of rotatable bonds is 0. The first kappa shape index (κ1) is 20.9. The van der Waals surface area contributed by atoms with E-state index in [1.165, 1.54) is 11.1 Å². The van der Waals surface area contributed by atoms with Gasteiger partial charge in [-0.05, 0) is 55.6 Å². The van der Waals surface area contributed by atoms with Gasteiger partial charge in [-0.3, -0.25) is 9.59 Å². The molecule has 0 radical (unpaired) electrons. The number of carbonyl (C=O) groups excluding carboxylic acids is 2. The highest BCUT2D eigenvalue weighted by Crippen LogP contribution is 2.37. The molecule has 0 unspecified atom stereocenters. The van der Waals surface area contributed by atoms with Crippen molar-refractivity contribution < 1.29 is 23.8 Å². The van der Waals surface area contributed by atoms with Crippen molar-refractivity contribution in [1.82, 2.24) is 10.2 Å². The van der Waals surface area contributed by atoms with E-state index in [0.29, 0.717) is 32.3 Å². The molecule has 168 valence electrons. The Morgan fingerprint density at radius 2 is 1.84 bits per heavy atom. The van der Waals surface area contributed by atoms with Crippen LogP contribution >= 0.6 is 0 Å². The molecule has 31 heavy (non-hydrogen) atoms. The number of hydrogen-bond donors (Lipinski definition) is 1. The molecule has 6 rings (SSSR count). The molecule has 7 heteroatoms. The predicted molar refractivity (Wildman–Crippen MR) is 113 cm³/mol. The van der Waals surface area contributed by atoms with Crippen molar-refractivity contribution in [2.24, 2.45) is 0 Å². The molecular formula is C24H32N2O5. The Labute approximate surface area is 183 Å². The molecule has 1 saturated carbocycles. The summed E-state index contributed by atoms with van der Waals surface area (Å²) in [6, 6.07) is 8.21. The second-order valence-electron chi connectivity index (χ2n) is 9.40. The highest BCUT2D eigenvalue weighted by molar-refractivity contribution is 5.80. The first-order chi connectivity index (χ1) is 15.1. The summed E-state index contributed by atoms with van der Waals surface area (Å²) in [6.07, 6.45) is 6.02. The van der Waals surface area contributed by atoms with Crippen LogP contribution in [0.25, 0.3) is 0 Å². The molecule has 3 fully saturated rings. The molecule has 2 amide bonds. The Kier molecular flexibility index (Phi) is 5.99. The lowest BCUT2D eigenvalue weighted by atomic mass is 9.80. The quantitative estimate of drug-likeness (QED) is 0.685. The maximum absolute atomic E-state index is 13.2. The first-order valence-corrected chi connectivity index (χ1v) is 11.6. The summed E-state index contributed by atoms with van der Waals surface area (Å²) in [7, 11) is 0. The smallest absolute Gasteiger partial charge is 0.248 e. The number of morpholine rings is 1. The molecule has 7 nitrogen and oxygen atoms in total. The average Bonchev–Trinajstić information content (AvgIpc) is 2.78. The summed E-state index contributed by atoms with van der Waals surface area (Å²) in [5.74, 6) is 0.349. The molecule has 1 N–H and O–H groups in total. The third kappa shape index (κ3) is 4.23. The fourth-order valence-corrected chi connectivity index (χ4v) is 5.89. The first-order valence-electron chi connectivity index (χ1n) is 11.6. The molecule has 2 saturated heterocycles. The number of hydrogen-bond acceptors (Lipinski definition) is 5. The van der Waals surface area contributed by atoms with E-state index in [-0.39, 0.29) is 37.2 Å². The monoisotopic (exact) mass is 428 g/mol. The zero-order chi connectivity index (χ0) is 21.3. The molecule has 1 aliphatic carbocycles. The van der Waals surface area contributed by atoms with Gasteiger partial charge in [0.05, 0.1) is 37.5 Å². The lowest BCUT2D eigenvalue weighted by molar-refractivity contribution is -0.158. The second-order valence-corrected chi connectivity index (χ2v) is 9.40. The molecule has 1 spiro atoms. The van der Waals surface area contributed by atoms with Crippen LogP contribution in [0, 0.1) is 0 Å². The van der Waals surface area contributed by atoms with Gasteiger partial charge < -0.3 is 24.4 Å². The molecule has 2 bridgehead atoms. The van der Waals surface area contributed by atoms with E-state index >= 15 is 0 Å². The van der Waals surface area contributed by atoms with Crippen LogP contribution in [0.15, 0.2) is 24.3 Å². The highest BCUT2D eigenvalue weighted by Gasteiger charge is 2.49. The van der Waals surface area contributed by atoms with Crippen LogP contribution in [-0.4, -0.2) is 67.4 Å². The molecule has 0 aromatic heterocycles. The van der Waals surface area contributed by atoms with Crippen LogP contribution in [-0.2, 0) is 30.4 Å². The molecule has 1 aromatic rings. The van der Waals surface area contributed by atoms with Crippen molar-refractivity contribution in [3.63, 3.8) is 0 Å². The third-order valence-electron chi connectivity index (χ3n) is 7.48. The Morgan fingerprint density at radius 3 is 2.68 bits per heavy atom. The number of piperidine rings is 1. The van der Waals surface area contributed by atoms with Crippen LogP contribution in [0.3, 0.4) is 0 Å². The van der Waals surface area contributed by atoms with E-state index in [1.807, 2.05) is 11.0 Å². The number of nitrogens with zero attached hydrogens (tertiary/aromatic N) is 1. The van der Waals surface area contributed by atoms with Gasteiger partial charge in [0.2, 0.25) is 11.8 Å². The fourth-order valence-electron chi connectivity index (χ4n) is 5.89. The number of fused-ring (bicyclic) bond motifs is 6. The van der Waals surface area contributed by atoms with Gasteiger partial charge >= 0.3 is 0 Å². The van der Waals surface area contributed by atoms with Gasteiger partial charge in [0.1, 0.15) is 13.2 Å². The summed E-state index contributed by atoms with van der Waals surface area (Å²) in [4.78, 5) is 27.2. The van der Waals surface area contributed by atoms with Gasteiger partial charge in [-0.1, -0.05) is 24.3 Å². The Morgan fingerprint density at radius 1 is 1.00 bits per heavy atom. The number of benzene rings is 1. The minimum absolute atomic E-state index is 0.0316. The van der Waals surface area contributed by atoms with Crippen LogP contribution in [0.1, 0.15) is 55.6 Å². The van der Waals surface area contributed by atoms with E-state index in [1.54, 1.807) is 0 Å². The summed E-state index contributed by atoms with van der Waals surface area (Å²) < 4.78 is 18.0. The van der Waals surface area contributed by atoms with Gasteiger partial charge in [0.25, 0.3) is 0 Å². The lowest BCUT2D eigenvalue weighted by Crippen LogP contribution is -2.72. The maximum atomic E-state index is 13.2. The lowest BCUT2D eigenvalue weighted by Gasteiger charge is -2.51.